The molecule has 0 N–H and O–H groups in total. The fraction of sp³-hybridized carbons (Fsp3) is 0.467. The van der Waals surface area contributed by atoms with Crippen molar-refractivity contribution in [1.82, 2.24) is 14.7 Å². The van der Waals surface area contributed by atoms with Gasteiger partial charge in [0.15, 0.2) is 15.5 Å². The average molecular weight is 391 g/mol. The Labute approximate surface area is 147 Å². The summed E-state index contributed by atoms with van der Waals surface area (Å²) in [6.07, 6.45) is -3.53. The third-order valence-electron chi connectivity index (χ3n) is 4.07. The molecule has 1 unspecified atom stereocenters. The van der Waals surface area contributed by atoms with Gasteiger partial charge in [-0.3, -0.25) is 9.48 Å². The number of carbonyl (C=O) groups is 1. The van der Waals surface area contributed by atoms with E-state index in [1.54, 1.807) is 19.1 Å². The summed E-state index contributed by atoms with van der Waals surface area (Å²) < 4.78 is 68.1. The first-order valence-electron chi connectivity index (χ1n) is 7.72. The standard InChI is InChI=1S/C15H16F3N3O4S/c1-10-2-3-12(25-10)11-9-26(23,24)7-6-21(11)14(22)8-20-5-4-13(19-20)15(16,17)18/h2-5,11H,6-9H2,1H3. The van der Waals surface area contributed by atoms with E-state index in [0.29, 0.717) is 11.5 Å². The molecule has 7 nitrogen and oxygen atoms in total. The normalized spacial score (nSPS) is 20.3. The summed E-state index contributed by atoms with van der Waals surface area (Å²) in [4.78, 5) is 13.9. The zero-order valence-corrected chi connectivity index (χ0v) is 14.5. The second kappa shape index (κ2) is 6.45. The Bertz CT molecular complexity index is 917. The van der Waals surface area contributed by atoms with E-state index in [1.165, 1.54) is 4.90 Å². The van der Waals surface area contributed by atoms with Crippen molar-refractivity contribution in [2.45, 2.75) is 25.7 Å². The molecule has 1 aliphatic rings. The van der Waals surface area contributed by atoms with Crippen LogP contribution in [0.2, 0.25) is 0 Å². The molecule has 3 rings (SSSR count). The molecule has 1 aliphatic heterocycles. The zero-order chi connectivity index (χ0) is 19.1. The van der Waals surface area contributed by atoms with Gasteiger partial charge in [-0.1, -0.05) is 0 Å². The number of nitrogens with zero attached hydrogens (tertiary/aromatic N) is 3. The van der Waals surface area contributed by atoms with Crippen LogP contribution in [0.1, 0.15) is 23.3 Å². The topological polar surface area (TPSA) is 85.4 Å². The van der Waals surface area contributed by atoms with Gasteiger partial charge in [0, 0.05) is 12.7 Å². The van der Waals surface area contributed by atoms with Crippen LogP contribution in [-0.4, -0.2) is 47.1 Å². The quantitative estimate of drug-likeness (QED) is 0.797. The van der Waals surface area contributed by atoms with Crippen molar-refractivity contribution in [1.29, 1.82) is 0 Å². The predicted molar refractivity (Wildman–Crippen MR) is 83.8 cm³/mol. The van der Waals surface area contributed by atoms with Crippen LogP contribution in [0.15, 0.2) is 28.8 Å². The summed E-state index contributed by atoms with van der Waals surface area (Å²) in [6, 6.07) is 3.22. The van der Waals surface area contributed by atoms with Gasteiger partial charge < -0.3 is 9.32 Å². The lowest BCUT2D eigenvalue weighted by atomic mass is 10.2. The molecule has 0 aliphatic carbocycles. The van der Waals surface area contributed by atoms with Crippen LogP contribution in [0.4, 0.5) is 13.2 Å². The van der Waals surface area contributed by atoms with Gasteiger partial charge in [-0.25, -0.2) is 8.42 Å². The lowest BCUT2D eigenvalue weighted by Crippen LogP contribution is -2.47. The monoisotopic (exact) mass is 391 g/mol. The zero-order valence-electron chi connectivity index (χ0n) is 13.7. The first-order valence-corrected chi connectivity index (χ1v) is 9.54. The minimum absolute atomic E-state index is 0.0566. The van der Waals surface area contributed by atoms with Crippen molar-refractivity contribution in [2.24, 2.45) is 0 Å². The number of aromatic nitrogens is 2. The summed E-state index contributed by atoms with van der Waals surface area (Å²) in [5.74, 6) is -0.135. The Hall–Kier alpha value is -2.30. The Morgan fingerprint density at radius 2 is 2.08 bits per heavy atom. The van der Waals surface area contributed by atoms with Gasteiger partial charge in [0.25, 0.3) is 0 Å². The minimum atomic E-state index is -4.60. The molecule has 0 spiro atoms. The minimum Gasteiger partial charge on any atom is -0.464 e. The highest BCUT2D eigenvalue weighted by Gasteiger charge is 2.37. The van der Waals surface area contributed by atoms with Gasteiger partial charge in [-0.2, -0.15) is 18.3 Å². The maximum absolute atomic E-state index is 12.6. The van der Waals surface area contributed by atoms with Gasteiger partial charge in [0.2, 0.25) is 5.91 Å². The van der Waals surface area contributed by atoms with Crippen molar-refractivity contribution in [2.75, 3.05) is 18.1 Å². The molecule has 0 radical (unpaired) electrons. The van der Waals surface area contributed by atoms with E-state index in [4.69, 9.17) is 4.42 Å². The van der Waals surface area contributed by atoms with Gasteiger partial charge >= 0.3 is 6.18 Å². The molecule has 11 heteroatoms. The Morgan fingerprint density at radius 1 is 1.35 bits per heavy atom. The fourth-order valence-corrected chi connectivity index (χ4v) is 4.27. The molecule has 142 valence electrons. The lowest BCUT2D eigenvalue weighted by Gasteiger charge is -2.34. The van der Waals surface area contributed by atoms with E-state index in [-0.39, 0.29) is 18.1 Å². The molecule has 3 heterocycles. The fourth-order valence-electron chi connectivity index (χ4n) is 2.80. The maximum Gasteiger partial charge on any atom is 0.435 e. The highest BCUT2D eigenvalue weighted by Crippen LogP contribution is 2.29. The van der Waals surface area contributed by atoms with Crippen LogP contribution in [0.5, 0.6) is 0 Å². The number of halogens is 3. The summed E-state index contributed by atoms with van der Waals surface area (Å²) in [6.45, 7) is 1.21. The number of amides is 1. The molecule has 2 aromatic rings. The molecule has 1 fully saturated rings. The van der Waals surface area contributed by atoms with E-state index < -0.39 is 40.2 Å². The number of sulfone groups is 1. The molecular formula is C15H16F3N3O4S. The molecule has 0 bridgehead atoms. The van der Waals surface area contributed by atoms with Gasteiger partial charge in [0.05, 0.1) is 11.5 Å². The van der Waals surface area contributed by atoms with Crippen LogP contribution in [0.3, 0.4) is 0 Å². The van der Waals surface area contributed by atoms with Crippen LogP contribution in [-0.2, 0) is 27.4 Å². The summed E-state index contributed by atoms with van der Waals surface area (Å²) in [5.41, 5.74) is -1.09. The van der Waals surface area contributed by atoms with Crippen LogP contribution in [0.25, 0.3) is 0 Å². The molecule has 0 saturated carbocycles. The van der Waals surface area contributed by atoms with Crippen molar-refractivity contribution < 1.29 is 30.8 Å². The van der Waals surface area contributed by atoms with Gasteiger partial charge in [-0.05, 0) is 25.1 Å². The van der Waals surface area contributed by atoms with Crippen LogP contribution >= 0.6 is 0 Å². The Morgan fingerprint density at radius 3 is 2.65 bits per heavy atom. The van der Waals surface area contributed by atoms with Crippen molar-refractivity contribution in [3.8, 4) is 0 Å². The lowest BCUT2D eigenvalue weighted by molar-refractivity contribution is -0.142. The van der Waals surface area contributed by atoms with Crippen molar-refractivity contribution >= 4 is 15.7 Å². The second-order valence-corrected chi connectivity index (χ2v) is 8.29. The largest absolute Gasteiger partial charge is 0.464 e. The molecule has 2 aromatic heterocycles. The third-order valence-corrected chi connectivity index (χ3v) is 5.70. The summed E-state index contributed by atoms with van der Waals surface area (Å²) in [5, 5.41) is 3.35. The van der Waals surface area contributed by atoms with Crippen molar-refractivity contribution in [3.63, 3.8) is 0 Å². The van der Waals surface area contributed by atoms with E-state index in [0.717, 1.165) is 16.9 Å². The molecule has 1 amide bonds. The molecular weight excluding hydrogens is 375 g/mol. The number of alkyl halides is 3. The molecule has 1 saturated heterocycles. The molecule has 1 atom stereocenters. The summed E-state index contributed by atoms with van der Waals surface area (Å²) in [7, 11) is -3.35. The van der Waals surface area contributed by atoms with Gasteiger partial charge in [0.1, 0.15) is 24.1 Å². The number of carbonyl (C=O) groups excluding carboxylic acids is 1. The van der Waals surface area contributed by atoms with Crippen LogP contribution < -0.4 is 0 Å². The number of rotatable bonds is 3. The average Bonchev–Trinajstić information content (AvgIpc) is 3.15. The van der Waals surface area contributed by atoms with E-state index in [9.17, 15) is 26.4 Å². The van der Waals surface area contributed by atoms with Gasteiger partial charge in [-0.15, -0.1) is 0 Å². The Balaban J connectivity index is 1.81. The molecule has 0 aromatic carbocycles. The Kier molecular flexibility index (Phi) is 4.59. The third kappa shape index (κ3) is 3.92. The molecule has 26 heavy (non-hydrogen) atoms. The van der Waals surface area contributed by atoms with E-state index in [1.807, 2.05) is 0 Å². The summed E-state index contributed by atoms with van der Waals surface area (Å²) >= 11 is 0. The highest BCUT2D eigenvalue weighted by molar-refractivity contribution is 7.91. The number of hydrogen-bond acceptors (Lipinski definition) is 5. The SMILES string of the molecule is Cc1ccc(C2CS(=O)(=O)CCN2C(=O)Cn2ccc(C(F)(F)F)n2)o1. The van der Waals surface area contributed by atoms with E-state index in [2.05, 4.69) is 5.10 Å². The second-order valence-electron chi connectivity index (χ2n) is 6.06. The number of aryl methyl sites for hydroxylation is 1. The number of furan rings is 1. The number of hydrogen-bond donors (Lipinski definition) is 0. The van der Waals surface area contributed by atoms with Crippen molar-refractivity contribution in [3.05, 3.63) is 41.6 Å². The van der Waals surface area contributed by atoms with Crippen LogP contribution in [0, 0.1) is 6.92 Å². The first kappa shape index (κ1) is 18.5. The highest BCUT2D eigenvalue weighted by atomic mass is 32.2. The first-order chi connectivity index (χ1) is 12.0. The predicted octanol–water partition coefficient (Wildman–Crippen LogP) is 1.80. The maximum atomic E-state index is 12.6. The smallest absolute Gasteiger partial charge is 0.435 e. The van der Waals surface area contributed by atoms with E-state index >= 15 is 0 Å².